The monoisotopic (exact) mass is 792 g/mol. The van der Waals surface area contributed by atoms with Gasteiger partial charge in [0.1, 0.15) is 72.7 Å². The molecule has 0 amide bonds. The SMILES string of the molecule is c1ncc2c(n1)ncn2-c1ccc(C(c2ccc(-n3cnc4ncncc43)cc2)(c2ccc(-n3cnc4ncncc43)cc2)c2ccc(-n3cnc4ncncc43)cc2)cc1. The Morgan fingerprint density at radius 1 is 0.279 bits per heavy atom. The molecule has 0 aliphatic heterocycles. The number of fused-ring (bicyclic) bond motifs is 4. The molecular weight excluding hydrogens is 765 g/mol. The van der Waals surface area contributed by atoms with Crippen LogP contribution >= 0.6 is 0 Å². The number of rotatable bonds is 8. The van der Waals surface area contributed by atoms with Crippen molar-refractivity contribution >= 4 is 44.7 Å². The summed E-state index contributed by atoms with van der Waals surface area (Å²) >= 11 is 0. The predicted octanol–water partition coefficient (Wildman–Crippen LogP) is 6.58. The van der Waals surface area contributed by atoms with E-state index in [0.717, 1.165) is 67.1 Å². The molecule has 16 nitrogen and oxygen atoms in total. The van der Waals surface area contributed by atoms with Gasteiger partial charge in [0.25, 0.3) is 0 Å². The van der Waals surface area contributed by atoms with E-state index >= 15 is 0 Å². The molecule has 16 heteroatoms. The molecule has 61 heavy (non-hydrogen) atoms. The van der Waals surface area contributed by atoms with Gasteiger partial charge < -0.3 is 0 Å². The van der Waals surface area contributed by atoms with Gasteiger partial charge in [0, 0.05) is 22.7 Å². The number of imidazole rings is 4. The van der Waals surface area contributed by atoms with Gasteiger partial charge >= 0.3 is 0 Å². The number of nitrogens with zero attached hydrogens (tertiary/aromatic N) is 16. The minimum Gasteiger partial charge on any atom is -0.296 e. The fourth-order valence-corrected chi connectivity index (χ4v) is 8.35. The highest BCUT2D eigenvalue weighted by Crippen LogP contribution is 2.46. The molecule has 0 aliphatic rings. The molecule has 8 aromatic heterocycles. The summed E-state index contributed by atoms with van der Waals surface area (Å²) in [6, 6.07) is 34.4. The molecule has 0 bridgehead atoms. The van der Waals surface area contributed by atoms with Crippen LogP contribution in [0.15, 0.2) is 172 Å². The lowest BCUT2D eigenvalue weighted by Crippen LogP contribution is -2.31. The molecule has 0 saturated heterocycles. The van der Waals surface area contributed by atoms with E-state index in [1.54, 1.807) is 50.1 Å². The van der Waals surface area contributed by atoms with Crippen molar-refractivity contribution in [3.8, 4) is 22.7 Å². The second kappa shape index (κ2) is 13.6. The van der Waals surface area contributed by atoms with Gasteiger partial charge in [-0.05, 0) is 70.8 Å². The summed E-state index contributed by atoms with van der Waals surface area (Å²) in [5, 5.41) is 0. The molecule has 0 saturated carbocycles. The van der Waals surface area contributed by atoms with E-state index in [-0.39, 0.29) is 0 Å². The van der Waals surface area contributed by atoms with Gasteiger partial charge in [-0.25, -0.2) is 59.8 Å². The molecule has 0 atom stereocenters. The molecule has 0 spiro atoms. The van der Waals surface area contributed by atoms with E-state index < -0.39 is 5.41 Å². The summed E-state index contributed by atoms with van der Waals surface area (Å²) < 4.78 is 7.99. The van der Waals surface area contributed by atoms with Crippen molar-refractivity contribution in [1.29, 1.82) is 0 Å². The molecule has 12 rings (SSSR count). The largest absolute Gasteiger partial charge is 0.296 e. The van der Waals surface area contributed by atoms with Crippen LogP contribution in [0.25, 0.3) is 67.4 Å². The third-order valence-electron chi connectivity index (χ3n) is 11.2. The maximum atomic E-state index is 4.52. The van der Waals surface area contributed by atoms with Crippen molar-refractivity contribution in [2.45, 2.75) is 5.41 Å². The number of benzene rings is 4. The first-order chi connectivity index (χ1) is 30.2. The standard InChI is InChI=1S/C45H28N16/c1-9-33(58-25-54-41-37(58)17-46-21-50-41)10-2-29(1)45(30-3-11-34(12-4-30)59-26-55-42-38(59)18-47-22-51-42,31-5-13-35(14-6-31)60-27-56-43-39(60)19-48-23-52-43)32-7-15-36(16-8-32)61-28-57-44-40(61)20-49-24-53-44/h1-28H. The van der Waals surface area contributed by atoms with Gasteiger partial charge in [-0.3, -0.25) is 18.3 Å². The average Bonchev–Trinajstić information content (AvgIpc) is 4.16. The zero-order valence-electron chi connectivity index (χ0n) is 31.8. The van der Waals surface area contributed by atoms with E-state index in [0.29, 0.717) is 22.6 Å². The van der Waals surface area contributed by atoms with Crippen molar-refractivity contribution in [3.63, 3.8) is 0 Å². The highest BCUT2D eigenvalue weighted by atomic mass is 15.1. The Morgan fingerprint density at radius 2 is 0.508 bits per heavy atom. The molecule has 4 aromatic carbocycles. The van der Waals surface area contributed by atoms with Crippen LogP contribution in [0.2, 0.25) is 0 Å². The maximum absolute atomic E-state index is 4.52. The first kappa shape index (κ1) is 34.1. The van der Waals surface area contributed by atoms with Crippen LogP contribution in [0.4, 0.5) is 0 Å². The van der Waals surface area contributed by atoms with Gasteiger partial charge in [-0.2, -0.15) is 0 Å². The summed E-state index contributed by atoms with van der Waals surface area (Å²) in [7, 11) is 0. The normalized spacial score (nSPS) is 11.9. The van der Waals surface area contributed by atoms with Crippen molar-refractivity contribution in [2.24, 2.45) is 0 Å². The van der Waals surface area contributed by atoms with Crippen LogP contribution in [0.1, 0.15) is 22.3 Å². The van der Waals surface area contributed by atoms with Gasteiger partial charge in [-0.15, -0.1) is 0 Å². The van der Waals surface area contributed by atoms with Gasteiger partial charge in [0.2, 0.25) is 0 Å². The summed E-state index contributed by atoms with van der Waals surface area (Å²) in [5.41, 5.74) is 12.8. The summed E-state index contributed by atoms with van der Waals surface area (Å²) in [6.07, 6.45) is 20.2. The summed E-state index contributed by atoms with van der Waals surface area (Å²) in [4.78, 5) is 52.5. The van der Waals surface area contributed by atoms with Crippen molar-refractivity contribution in [1.82, 2.24) is 78.1 Å². The van der Waals surface area contributed by atoms with Gasteiger partial charge in [0.15, 0.2) is 22.6 Å². The Bertz CT molecular complexity index is 3060. The molecule has 0 N–H and O–H groups in total. The van der Waals surface area contributed by atoms with Crippen LogP contribution in [-0.2, 0) is 5.41 Å². The van der Waals surface area contributed by atoms with Gasteiger partial charge in [-0.1, -0.05) is 48.5 Å². The second-order valence-corrected chi connectivity index (χ2v) is 14.3. The van der Waals surface area contributed by atoms with E-state index in [2.05, 4.69) is 157 Å². The van der Waals surface area contributed by atoms with Crippen LogP contribution < -0.4 is 0 Å². The zero-order valence-corrected chi connectivity index (χ0v) is 31.8. The number of hydrogen-bond acceptors (Lipinski definition) is 12. The highest BCUT2D eigenvalue weighted by molar-refractivity contribution is 5.75. The van der Waals surface area contributed by atoms with Crippen molar-refractivity contribution < 1.29 is 0 Å². The van der Waals surface area contributed by atoms with Crippen LogP contribution in [0.3, 0.4) is 0 Å². The Kier molecular flexibility index (Phi) is 7.61. The number of hydrogen-bond donors (Lipinski definition) is 0. The van der Waals surface area contributed by atoms with Crippen molar-refractivity contribution in [2.75, 3.05) is 0 Å². The summed E-state index contributed by atoms with van der Waals surface area (Å²) in [5.74, 6) is 0. The average molecular weight is 793 g/mol. The Morgan fingerprint density at radius 3 is 0.738 bits per heavy atom. The predicted molar refractivity (Wildman–Crippen MR) is 226 cm³/mol. The molecule has 288 valence electrons. The molecule has 0 aliphatic carbocycles. The molecule has 0 fully saturated rings. The van der Waals surface area contributed by atoms with Crippen molar-refractivity contribution in [3.05, 3.63) is 195 Å². The Balaban J connectivity index is 1.07. The first-order valence-corrected chi connectivity index (χ1v) is 19.2. The fourth-order valence-electron chi connectivity index (χ4n) is 8.35. The zero-order chi connectivity index (χ0) is 40.3. The topological polar surface area (TPSA) is 174 Å². The highest BCUT2D eigenvalue weighted by Gasteiger charge is 2.39. The summed E-state index contributed by atoms with van der Waals surface area (Å²) in [6.45, 7) is 0. The lowest BCUT2D eigenvalue weighted by atomic mass is 9.65. The first-order valence-electron chi connectivity index (χ1n) is 19.2. The Labute approximate surface area is 344 Å². The van der Waals surface area contributed by atoms with Crippen LogP contribution in [0.5, 0.6) is 0 Å². The smallest absolute Gasteiger partial charge is 0.181 e. The van der Waals surface area contributed by atoms with E-state index in [1.807, 2.05) is 18.3 Å². The molecular formula is C45H28N16. The quantitative estimate of drug-likeness (QED) is 0.151. The Hall–Kier alpha value is -8.92. The minimum atomic E-state index is -0.839. The van der Waals surface area contributed by atoms with Crippen LogP contribution in [-0.4, -0.2) is 78.1 Å². The minimum absolute atomic E-state index is 0.625. The van der Waals surface area contributed by atoms with E-state index in [4.69, 9.17) is 0 Å². The number of aromatic nitrogens is 16. The van der Waals surface area contributed by atoms with E-state index in [9.17, 15) is 0 Å². The van der Waals surface area contributed by atoms with Gasteiger partial charge in [0.05, 0.1) is 30.2 Å². The van der Waals surface area contributed by atoms with E-state index in [1.165, 1.54) is 25.3 Å². The second-order valence-electron chi connectivity index (χ2n) is 14.3. The lowest BCUT2D eigenvalue weighted by Gasteiger charge is -2.37. The lowest BCUT2D eigenvalue weighted by molar-refractivity contribution is 0.743. The molecule has 0 unspecified atom stereocenters. The fraction of sp³-hybridized carbons (Fsp3) is 0.0222. The molecule has 0 radical (unpaired) electrons. The third kappa shape index (κ3) is 5.39. The molecule has 12 aromatic rings. The molecule has 8 heterocycles. The van der Waals surface area contributed by atoms with Crippen LogP contribution in [0, 0.1) is 0 Å². The maximum Gasteiger partial charge on any atom is 0.181 e. The third-order valence-corrected chi connectivity index (χ3v) is 11.2.